The Bertz CT molecular complexity index is 2250. The van der Waals surface area contributed by atoms with Crippen LogP contribution < -0.4 is 35.8 Å². The summed E-state index contributed by atoms with van der Waals surface area (Å²) in [5.74, 6) is 6.89. The number of hydrogen-bond donors (Lipinski definition) is 4. The first kappa shape index (κ1) is 45.9. The minimum Gasteiger partial charge on any atom is -0.495 e. The highest BCUT2D eigenvalue weighted by molar-refractivity contribution is 6.06. The van der Waals surface area contributed by atoms with Gasteiger partial charge in [0.25, 0.3) is 11.8 Å². The third-order valence-electron chi connectivity index (χ3n) is 12.1. The molecule has 2 aromatic carbocycles. The molecule has 1 aromatic heterocycles. The zero-order valence-electron chi connectivity index (χ0n) is 37.0. The predicted molar refractivity (Wildman–Crippen MR) is 241 cm³/mol. The summed E-state index contributed by atoms with van der Waals surface area (Å²) in [6, 6.07) is 9.99. The number of aromatic nitrogens is 2. The molecule has 4 N–H and O–H groups in total. The molecular formula is C47H59N9O8. The van der Waals surface area contributed by atoms with Crippen LogP contribution in [0, 0.1) is 11.8 Å². The molecule has 2 fully saturated rings. The Labute approximate surface area is 374 Å². The van der Waals surface area contributed by atoms with Crippen LogP contribution in [0.5, 0.6) is 5.75 Å². The number of benzene rings is 2. The average molecular weight is 878 g/mol. The molecule has 64 heavy (non-hydrogen) atoms. The number of imide groups is 1. The van der Waals surface area contributed by atoms with Gasteiger partial charge in [-0.3, -0.25) is 29.3 Å². The molecule has 340 valence electrons. The van der Waals surface area contributed by atoms with E-state index in [0.29, 0.717) is 106 Å². The Morgan fingerprint density at radius 2 is 1.75 bits per heavy atom. The number of anilines is 4. The number of nitrogens with zero attached hydrogens (tertiary/aromatic N) is 5. The van der Waals surface area contributed by atoms with Crippen LogP contribution in [0.15, 0.2) is 42.6 Å². The average Bonchev–Trinajstić information content (AvgIpc) is 3.96. The number of likely N-dealkylation sites (N-methyl/N-ethyl adjacent to an activating group) is 1. The number of carbonyl (C=O) groups excluding carboxylic acids is 5. The second kappa shape index (κ2) is 22.0. The highest BCUT2D eigenvalue weighted by Crippen LogP contribution is 2.40. The quantitative estimate of drug-likeness (QED) is 0.0722. The summed E-state index contributed by atoms with van der Waals surface area (Å²) in [6.07, 6.45) is 9.40. The van der Waals surface area contributed by atoms with Crippen molar-refractivity contribution in [3.63, 3.8) is 0 Å². The Morgan fingerprint density at radius 1 is 0.969 bits per heavy atom. The Balaban J connectivity index is 0.745. The van der Waals surface area contributed by atoms with Crippen LogP contribution in [0.4, 0.5) is 23.1 Å². The van der Waals surface area contributed by atoms with Gasteiger partial charge >= 0.3 is 0 Å². The minimum atomic E-state index is -0.649. The number of fused-ring (bicyclic) bond motifs is 2. The van der Waals surface area contributed by atoms with Crippen LogP contribution in [0.3, 0.4) is 0 Å². The summed E-state index contributed by atoms with van der Waals surface area (Å²) in [7, 11) is 3.33. The van der Waals surface area contributed by atoms with E-state index in [4.69, 9.17) is 19.2 Å². The first-order chi connectivity index (χ1) is 31.2. The van der Waals surface area contributed by atoms with Crippen LogP contribution in [0.1, 0.15) is 103 Å². The van der Waals surface area contributed by atoms with Crippen molar-refractivity contribution in [2.24, 2.45) is 0 Å². The fourth-order valence-corrected chi connectivity index (χ4v) is 8.74. The molecule has 1 unspecified atom stereocenters. The van der Waals surface area contributed by atoms with E-state index in [1.165, 1.54) is 0 Å². The van der Waals surface area contributed by atoms with Crippen LogP contribution in [0.25, 0.3) is 0 Å². The molecular weight excluding hydrogens is 819 g/mol. The molecule has 17 heteroatoms. The molecule has 17 nitrogen and oxygen atoms in total. The first-order valence-electron chi connectivity index (χ1n) is 22.5. The van der Waals surface area contributed by atoms with Gasteiger partial charge in [0.1, 0.15) is 23.5 Å². The summed E-state index contributed by atoms with van der Waals surface area (Å²) >= 11 is 0. The van der Waals surface area contributed by atoms with Crippen molar-refractivity contribution in [3.8, 4) is 17.6 Å². The highest BCUT2D eigenvalue weighted by atomic mass is 16.5. The summed E-state index contributed by atoms with van der Waals surface area (Å²) in [5, 5.41) is 11.9. The Hall–Kier alpha value is -6.09. The molecule has 1 saturated heterocycles. The lowest BCUT2D eigenvalue weighted by Gasteiger charge is -2.43. The smallest absolute Gasteiger partial charge is 0.255 e. The van der Waals surface area contributed by atoms with Crippen molar-refractivity contribution in [1.29, 1.82) is 0 Å². The number of amides is 5. The third kappa shape index (κ3) is 10.8. The number of carbonyl (C=O) groups is 5. The Morgan fingerprint density at radius 3 is 2.50 bits per heavy atom. The van der Waals surface area contributed by atoms with E-state index in [9.17, 15) is 24.0 Å². The maximum Gasteiger partial charge on any atom is 0.255 e. The van der Waals surface area contributed by atoms with Crippen LogP contribution in [-0.2, 0) is 30.4 Å². The van der Waals surface area contributed by atoms with Crippen molar-refractivity contribution in [2.75, 3.05) is 75.3 Å². The monoisotopic (exact) mass is 877 g/mol. The lowest BCUT2D eigenvalue weighted by Crippen LogP contribution is -2.55. The molecule has 0 radical (unpaired) electrons. The summed E-state index contributed by atoms with van der Waals surface area (Å²) in [4.78, 5) is 78.0. The van der Waals surface area contributed by atoms with E-state index in [1.807, 2.05) is 13.0 Å². The molecule has 1 aliphatic carbocycles. The maximum atomic E-state index is 13.2. The Kier molecular flexibility index (Phi) is 15.8. The first-order valence-corrected chi connectivity index (χ1v) is 22.5. The van der Waals surface area contributed by atoms with E-state index in [-0.39, 0.29) is 42.1 Å². The zero-order chi connectivity index (χ0) is 45.0. The zero-order valence-corrected chi connectivity index (χ0v) is 37.0. The molecule has 4 aliphatic rings. The third-order valence-corrected chi connectivity index (χ3v) is 12.1. The SMILES string of the molecule is CC[C@@H]1C(=O)N(C)c2cnc(Nc3ccc(C(=O)NCCCOCCOCCCNCCC#Cc4cccc5c4CN(C4CCC(=O)NC4=O)C5=O)cc3OC)nc2N1C1CCCC1. The number of hydrogen-bond acceptors (Lipinski definition) is 13. The van der Waals surface area contributed by atoms with Gasteiger partial charge in [-0.2, -0.15) is 4.98 Å². The summed E-state index contributed by atoms with van der Waals surface area (Å²) in [6.45, 7) is 6.32. The van der Waals surface area contributed by atoms with Gasteiger partial charge in [-0.1, -0.05) is 37.7 Å². The normalized spacial score (nSPS) is 18.4. The molecule has 0 bridgehead atoms. The molecule has 4 heterocycles. The second-order valence-electron chi connectivity index (χ2n) is 16.3. The van der Waals surface area contributed by atoms with Gasteiger partial charge < -0.3 is 44.9 Å². The molecule has 5 amide bonds. The van der Waals surface area contributed by atoms with E-state index >= 15 is 0 Å². The van der Waals surface area contributed by atoms with Gasteiger partial charge in [0, 0.05) is 75.5 Å². The number of ether oxygens (including phenoxy) is 3. The van der Waals surface area contributed by atoms with E-state index in [2.05, 4.69) is 43.0 Å². The largest absolute Gasteiger partial charge is 0.495 e. The fourth-order valence-electron chi connectivity index (χ4n) is 8.74. The van der Waals surface area contributed by atoms with Crippen LogP contribution in [-0.4, -0.2) is 123 Å². The van der Waals surface area contributed by atoms with Gasteiger partial charge in [0.05, 0.1) is 32.2 Å². The second-order valence-corrected chi connectivity index (χ2v) is 16.3. The van der Waals surface area contributed by atoms with Crippen molar-refractivity contribution in [1.82, 2.24) is 30.8 Å². The van der Waals surface area contributed by atoms with Crippen LogP contribution in [0.2, 0.25) is 0 Å². The van der Waals surface area contributed by atoms with Crippen molar-refractivity contribution in [2.45, 2.75) is 95.8 Å². The lowest BCUT2D eigenvalue weighted by atomic mass is 10.0. The molecule has 3 aromatic rings. The lowest BCUT2D eigenvalue weighted by molar-refractivity contribution is -0.137. The van der Waals surface area contributed by atoms with Crippen molar-refractivity contribution in [3.05, 3.63) is 64.8 Å². The maximum absolute atomic E-state index is 13.2. The fraction of sp³-hybridized carbons (Fsp3) is 0.511. The molecule has 3 aliphatic heterocycles. The molecule has 1 saturated carbocycles. The van der Waals surface area contributed by atoms with Crippen molar-refractivity contribution < 1.29 is 38.2 Å². The minimum absolute atomic E-state index is 0.0633. The predicted octanol–water partition coefficient (Wildman–Crippen LogP) is 4.07. The van der Waals surface area contributed by atoms with Gasteiger partial charge in [-0.05, 0) is 81.0 Å². The summed E-state index contributed by atoms with van der Waals surface area (Å²) < 4.78 is 17.0. The van der Waals surface area contributed by atoms with Gasteiger partial charge in [0.2, 0.25) is 23.7 Å². The van der Waals surface area contributed by atoms with Gasteiger partial charge in [-0.15, -0.1) is 0 Å². The molecule has 0 spiro atoms. The van der Waals surface area contributed by atoms with Crippen molar-refractivity contribution >= 4 is 52.7 Å². The standard InChI is InChI=1S/C47H59N9O8/c1-4-37-46(61)54(2)39-29-50-47(53-42(39)56(37)33-14-5-6-15-33)51-36-18-17-32(28-40(36)62-3)43(58)49-23-11-25-64-27-26-63-24-10-22-48-21-8-7-12-31-13-9-16-34-35(31)30-55(45(34)60)38-19-20-41(57)52-44(38)59/h9,13,16-18,28-29,33,37-38,48H,4-6,8,10-11,14-15,19-27,30H2,1-3H3,(H,49,58)(H,50,51,53)(H,52,57,59)/t37-,38?/m1/s1. The number of methoxy groups -OCH3 is 1. The number of piperidine rings is 1. The van der Waals surface area contributed by atoms with E-state index in [1.54, 1.807) is 60.5 Å². The molecule has 7 rings (SSSR count). The van der Waals surface area contributed by atoms with Gasteiger partial charge in [-0.25, -0.2) is 4.98 Å². The molecule has 2 atom stereocenters. The number of nitrogens with one attached hydrogen (secondary N) is 4. The van der Waals surface area contributed by atoms with Gasteiger partial charge in [0.15, 0.2) is 5.82 Å². The topological polar surface area (TPSA) is 197 Å². The van der Waals surface area contributed by atoms with E-state index in [0.717, 1.165) is 55.6 Å². The van der Waals surface area contributed by atoms with Crippen LogP contribution >= 0.6 is 0 Å². The number of rotatable bonds is 20. The highest BCUT2D eigenvalue weighted by Gasteiger charge is 2.42. The summed E-state index contributed by atoms with van der Waals surface area (Å²) in [5.41, 5.74) is 3.93. The van der Waals surface area contributed by atoms with E-state index < -0.39 is 11.9 Å².